The number of carbonyl (C=O) groups is 1. The van der Waals surface area contributed by atoms with Gasteiger partial charge in [-0.15, -0.1) is 0 Å². The molecule has 0 unspecified atom stereocenters. The number of rotatable bonds is 6. The minimum Gasteiger partial charge on any atom is -0.443 e. The molecule has 0 saturated heterocycles. The number of halogens is 1. The number of hydrogen-bond donors (Lipinski definition) is 1. The van der Waals surface area contributed by atoms with E-state index in [0.717, 1.165) is 5.56 Å². The third kappa shape index (κ3) is 4.79. The van der Waals surface area contributed by atoms with Crippen LogP contribution in [-0.2, 0) is 11.4 Å². The molecule has 6 nitrogen and oxygen atoms in total. The zero-order valence-corrected chi connectivity index (χ0v) is 15.6. The Hall–Kier alpha value is -2.47. The molecule has 0 bridgehead atoms. The lowest BCUT2D eigenvalue weighted by atomic mass is 10.1. The standard InChI is InChI=1S/C19H22ClN3O3/c1-13(2)21-19(24)23(11-14-6-4-3-5-7-14)12-15-10-16(22-26-15)17-8-9-18(20)25-17/h3-9,13,15H,10-12H2,1-2H3,(H,21,24)/t15-/m0/s1. The lowest BCUT2D eigenvalue weighted by molar-refractivity contribution is 0.0586. The van der Waals surface area contributed by atoms with Gasteiger partial charge in [-0.2, -0.15) is 0 Å². The Bertz CT molecular complexity index is 773. The maximum Gasteiger partial charge on any atom is 0.318 e. The number of benzene rings is 1. The van der Waals surface area contributed by atoms with Gasteiger partial charge in [-0.05, 0) is 43.1 Å². The van der Waals surface area contributed by atoms with Gasteiger partial charge in [0, 0.05) is 19.0 Å². The fourth-order valence-corrected chi connectivity index (χ4v) is 2.89. The summed E-state index contributed by atoms with van der Waals surface area (Å²) < 4.78 is 5.38. The SMILES string of the molecule is CC(C)NC(=O)N(Cc1ccccc1)C[C@@H]1CC(c2ccc(Cl)o2)=NO1. The molecule has 1 aliphatic heterocycles. The van der Waals surface area contributed by atoms with Crippen molar-refractivity contribution in [3.63, 3.8) is 0 Å². The second-order valence-corrected chi connectivity index (χ2v) is 6.92. The Balaban J connectivity index is 1.65. The molecule has 2 amide bonds. The highest BCUT2D eigenvalue weighted by Gasteiger charge is 2.28. The summed E-state index contributed by atoms with van der Waals surface area (Å²) >= 11 is 5.82. The van der Waals surface area contributed by atoms with Crippen LogP contribution in [0, 0.1) is 0 Å². The molecule has 1 aromatic carbocycles. The van der Waals surface area contributed by atoms with Crippen molar-refractivity contribution in [1.82, 2.24) is 10.2 Å². The summed E-state index contributed by atoms with van der Waals surface area (Å²) in [5, 5.41) is 7.34. The van der Waals surface area contributed by atoms with E-state index in [9.17, 15) is 4.79 Å². The Morgan fingerprint density at radius 1 is 1.31 bits per heavy atom. The summed E-state index contributed by atoms with van der Waals surface area (Å²) in [6.45, 7) is 4.80. The van der Waals surface area contributed by atoms with E-state index in [1.807, 2.05) is 44.2 Å². The maximum atomic E-state index is 12.6. The average molecular weight is 376 g/mol. The average Bonchev–Trinajstić information content (AvgIpc) is 3.23. The van der Waals surface area contributed by atoms with E-state index in [1.54, 1.807) is 17.0 Å². The molecule has 0 aliphatic carbocycles. The van der Waals surface area contributed by atoms with E-state index in [-0.39, 0.29) is 18.2 Å². The molecule has 7 heteroatoms. The highest BCUT2D eigenvalue weighted by molar-refractivity contribution is 6.29. The van der Waals surface area contributed by atoms with Crippen molar-refractivity contribution in [3.8, 4) is 0 Å². The molecule has 138 valence electrons. The second kappa shape index (κ2) is 8.27. The van der Waals surface area contributed by atoms with Crippen LogP contribution in [0.15, 0.2) is 52.0 Å². The number of carbonyl (C=O) groups excluding carboxylic acids is 1. The first-order chi connectivity index (χ1) is 12.5. The number of oxime groups is 1. The summed E-state index contributed by atoms with van der Waals surface area (Å²) in [4.78, 5) is 19.8. The van der Waals surface area contributed by atoms with Crippen LogP contribution < -0.4 is 5.32 Å². The number of amides is 2. The Morgan fingerprint density at radius 3 is 2.73 bits per heavy atom. The lowest BCUT2D eigenvalue weighted by Gasteiger charge is -2.26. The van der Waals surface area contributed by atoms with Crippen LogP contribution in [0.5, 0.6) is 0 Å². The Labute approximate surface area is 157 Å². The van der Waals surface area contributed by atoms with Gasteiger partial charge in [0.1, 0.15) is 5.71 Å². The zero-order valence-electron chi connectivity index (χ0n) is 14.8. The van der Waals surface area contributed by atoms with Crippen LogP contribution in [0.4, 0.5) is 4.79 Å². The minimum atomic E-state index is -0.226. The van der Waals surface area contributed by atoms with Gasteiger partial charge >= 0.3 is 6.03 Å². The van der Waals surface area contributed by atoms with E-state index in [0.29, 0.717) is 36.2 Å². The van der Waals surface area contributed by atoms with Gasteiger partial charge in [0.2, 0.25) is 0 Å². The van der Waals surface area contributed by atoms with Crippen molar-refractivity contribution in [1.29, 1.82) is 0 Å². The van der Waals surface area contributed by atoms with Crippen LogP contribution in [0.25, 0.3) is 0 Å². The number of furan rings is 1. The predicted molar refractivity (Wildman–Crippen MR) is 100 cm³/mol. The summed E-state index contributed by atoms with van der Waals surface area (Å²) in [6, 6.07) is 13.2. The van der Waals surface area contributed by atoms with E-state index in [2.05, 4.69) is 10.5 Å². The van der Waals surface area contributed by atoms with E-state index in [4.69, 9.17) is 20.9 Å². The van der Waals surface area contributed by atoms with Crippen LogP contribution in [0.3, 0.4) is 0 Å². The van der Waals surface area contributed by atoms with Gasteiger partial charge < -0.3 is 19.5 Å². The minimum absolute atomic E-state index is 0.0577. The molecule has 3 rings (SSSR count). The molecule has 0 radical (unpaired) electrons. The zero-order chi connectivity index (χ0) is 18.5. The van der Waals surface area contributed by atoms with E-state index < -0.39 is 0 Å². The molecule has 1 aliphatic rings. The third-order valence-electron chi connectivity index (χ3n) is 3.93. The molecule has 0 saturated carbocycles. The highest BCUT2D eigenvalue weighted by atomic mass is 35.5. The first-order valence-corrected chi connectivity index (χ1v) is 8.97. The van der Waals surface area contributed by atoms with Crippen molar-refractivity contribution in [2.45, 2.75) is 39.0 Å². The molecule has 0 fully saturated rings. The topological polar surface area (TPSA) is 67.1 Å². The molecule has 1 aromatic heterocycles. The summed E-state index contributed by atoms with van der Waals surface area (Å²) in [5.74, 6) is 0.596. The third-order valence-corrected chi connectivity index (χ3v) is 4.13. The molecule has 2 aromatic rings. The van der Waals surface area contributed by atoms with Gasteiger partial charge in [0.05, 0.1) is 6.54 Å². The van der Waals surface area contributed by atoms with Gasteiger partial charge in [0.25, 0.3) is 0 Å². The van der Waals surface area contributed by atoms with Gasteiger partial charge in [-0.1, -0.05) is 35.5 Å². The number of nitrogens with one attached hydrogen (secondary N) is 1. The van der Waals surface area contributed by atoms with Crippen LogP contribution in [0.2, 0.25) is 5.22 Å². The molecule has 1 N–H and O–H groups in total. The molecule has 26 heavy (non-hydrogen) atoms. The predicted octanol–water partition coefficient (Wildman–Crippen LogP) is 4.05. The van der Waals surface area contributed by atoms with Crippen molar-refractivity contribution in [2.24, 2.45) is 5.16 Å². The summed E-state index contributed by atoms with van der Waals surface area (Å²) in [6.07, 6.45) is 0.333. The second-order valence-electron chi connectivity index (χ2n) is 6.54. The Morgan fingerprint density at radius 2 is 2.08 bits per heavy atom. The number of urea groups is 1. The fourth-order valence-electron chi connectivity index (χ4n) is 2.75. The first kappa shape index (κ1) is 18.3. The summed E-state index contributed by atoms with van der Waals surface area (Å²) in [5.41, 5.74) is 1.76. The lowest BCUT2D eigenvalue weighted by Crippen LogP contribution is -2.45. The summed E-state index contributed by atoms with van der Waals surface area (Å²) in [7, 11) is 0. The van der Waals surface area contributed by atoms with Crippen LogP contribution in [0.1, 0.15) is 31.6 Å². The molecular weight excluding hydrogens is 354 g/mol. The molecular formula is C19H22ClN3O3. The molecule has 0 spiro atoms. The quantitative estimate of drug-likeness (QED) is 0.828. The monoisotopic (exact) mass is 375 g/mol. The van der Waals surface area contributed by atoms with Crippen LogP contribution >= 0.6 is 11.6 Å². The van der Waals surface area contributed by atoms with E-state index >= 15 is 0 Å². The molecule has 2 heterocycles. The van der Waals surface area contributed by atoms with Crippen molar-refractivity contribution >= 4 is 23.3 Å². The maximum absolute atomic E-state index is 12.6. The smallest absolute Gasteiger partial charge is 0.318 e. The van der Waals surface area contributed by atoms with E-state index in [1.165, 1.54) is 0 Å². The van der Waals surface area contributed by atoms with Gasteiger partial charge in [0.15, 0.2) is 17.1 Å². The Kier molecular flexibility index (Phi) is 5.83. The van der Waals surface area contributed by atoms with Crippen molar-refractivity contribution < 1.29 is 14.0 Å². The molecule has 1 atom stereocenters. The number of nitrogens with zero attached hydrogens (tertiary/aromatic N) is 2. The number of hydrogen-bond acceptors (Lipinski definition) is 4. The van der Waals surface area contributed by atoms with Crippen LogP contribution in [-0.4, -0.2) is 35.3 Å². The van der Waals surface area contributed by atoms with Gasteiger partial charge in [-0.25, -0.2) is 4.79 Å². The fraction of sp³-hybridized carbons (Fsp3) is 0.368. The van der Waals surface area contributed by atoms with Crippen molar-refractivity contribution in [3.05, 3.63) is 59.0 Å². The normalized spacial score (nSPS) is 16.3. The largest absolute Gasteiger partial charge is 0.443 e. The highest BCUT2D eigenvalue weighted by Crippen LogP contribution is 2.22. The first-order valence-electron chi connectivity index (χ1n) is 8.59. The van der Waals surface area contributed by atoms with Gasteiger partial charge in [-0.3, -0.25) is 0 Å². The van der Waals surface area contributed by atoms with Crippen molar-refractivity contribution in [2.75, 3.05) is 6.54 Å².